The minimum atomic E-state index is -0.416. The van der Waals surface area contributed by atoms with E-state index in [1.807, 2.05) is 67.0 Å². The molecule has 0 unspecified atom stereocenters. The molecule has 0 N–H and O–H groups in total. The second kappa shape index (κ2) is 6.52. The molecule has 23 heavy (non-hydrogen) atoms. The average molecular weight is 310 g/mol. The maximum absolute atomic E-state index is 11.8. The largest absolute Gasteiger partial charge is 0.482 e. The molecule has 0 saturated heterocycles. The minimum absolute atomic E-state index is 0.115. The van der Waals surface area contributed by atoms with E-state index in [4.69, 9.17) is 9.47 Å². The predicted octanol–water partition coefficient (Wildman–Crippen LogP) is 3.07. The van der Waals surface area contributed by atoms with Crippen LogP contribution in [0, 0.1) is 13.8 Å². The number of rotatable bonds is 5. The molecule has 0 saturated carbocycles. The van der Waals surface area contributed by atoms with Gasteiger partial charge < -0.3 is 13.9 Å². The van der Waals surface area contributed by atoms with Gasteiger partial charge in [0.2, 0.25) is 0 Å². The lowest BCUT2D eigenvalue weighted by atomic mass is 10.1. The molecule has 0 amide bonds. The average Bonchev–Trinajstić information content (AvgIpc) is 2.97. The Morgan fingerprint density at radius 2 is 2.04 bits per heavy atom. The van der Waals surface area contributed by atoms with Gasteiger partial charge in [-0.05, 0) is 49.2 Å². The van der Waals surface area contributed by atoms with E-state index < -0.39 is 5.97 Å². The topological polar surface area (TPSA) is 52.8 Å². The Labute approximate surface area is 134 Å². The van der Waals surface area contributed by atoms with E-state index in [1.54, 1.807) is 0 Å². The number of carbonyl (C=O) groups excluding carboxylic acids is 1. The first kappa shape index (κ1) is 15.1. The van der Waals surface area contributed by atoms with E-state index in [2.05, 4.69) is 4.98 Å². The van der Waals surface area contributed by atoms with E-state index in [0.29, 0.717) is 11.4 Å². The highest BCUT2D eigenvalue weighted by Crippen LogP contribution is 2.16. The van der Waals surface area contributed by atoms with Crippen LogP contribution in [0.3, 0.4) is 0 Å². The summed E-state index contributed by atoms with van der Waals surface area (Å²) in [6.07, 6.45) is 3.74. The highest BCUT2D eigenvalue weighted by molar-refractivity contribution is 5.71. The van der Waals surface area contributed by atoms with Crippen LogP contribution in [0.5, 0.6) is 5.75 Å². The summed E-state index contributed by atoms with van der Waals surface area (Å²) in [5.74, 6) is 0.248. The molecule has 5 nitrogen and oxygen atoms in total. The number of aryl methyl sites for hydroxylation is 2. The van der Waals surface area contributed by atoms with Crippen LogP contribution in [0.15, 0.2) is 48.8 Å². The number of carbonyl (C=O) groups is 1. The number of hydrogen-bond donors (Lipinski definition) is 0. The van der Waals surface area contributed by atoms with Crippen LogP contribution in [0.1, 0.15) is 16.8 Å². The number of imidazole rings is 1. The van der Waals surface area contributed by atoms with Gasteiger partial charge in [0.15, 0.2) is 6.61 Å². The first-order chi connectivity index (χ1) is 11.1. The molecular formula is C18H18N2O3. The molecular weight excluding hydrogens is 292 g/mol. The van der Waals surface area contributed by atoms with Gasteiger partial charge in [-0.15, -0.1) is 0 Å². The summed E-state index contributed by atoms with van der Waals surface area (Å²) in [6, 6.07) is 11.4. The molecule has 0 radical (unpaired) electrons. The number of nitrogens with zero attached hydrogens (tertiary/aromatic N) is 2. The van der Waals surface area contributed by atoms with Gasteiger partial charge in [0.25, 0.3) is 0 Å². The number of aromatic nitrogens is 2. The van der Waals surface area contributed by atoms with Crippen LogP contribution < -0.4 is 4.74 Å². The lowest BCUT2D eigenvalue weighted by Gasteiger charge is -2.08. The Hall–Kier alpha value is -2.82. The number of hydrogen-bond acceptors (Lipinski definition) is 4. The molecule has 0 aliphatic heterocycles. The number of ether oxygens (including phenoxy) is 2. The number of esters is 1. The molecule has 118 valence electrons. The van der Waals surface area contributed by atoms with Gasteiger partial charge >= 0.3 is 5.97 Å². The molecule has 0 spiro atoms. The van der Waals surface area contributed by atoms with Crippen LogP contribution in [-0.4, -0.2) is 22.0 Å². The third-order valence-corrected chi connectivity index (χ3v) is 3.63. The number of fused-ring (bicyclic) bond motifs is 1. The summed E-state index contributed by atoms with van der Waals surface area (Å²) in [7, 11) is 0. The molecule has 0 atom stereocenters. The number of benzene rings is 1. The van der Waals surface area contributed by atoms with E-state index >= 15 is 0 Å². The van der Waals surface area contributed by atoms with E-state index in [9.17, 15) is 4.79 Å². The van der Waals surface area contributed by atoms with Gasteiger partial charge in [0.05, 0.1) is 5.69 Å². The molecule has 0 bridgehead atoms. The van der Waals surface area contributed by atoms with Crippen LogP contribution >= 0.6 is 0 Å². The highest BCUT2D eigenvalue weighted by Gasteiger charge is 2.08. The van der Waals surface area contributed by atoms with Gasteiger partial charge in [0.1, 0.15) is 18.0 Å². The van der Waals surface area contributed by atoms with Crippen molar-refractivity contribution in [3.8, 4) is 5.75 Å². The molecule has 3 aromatic rings. The fourth-order valence-corrected chi connectivity index (χ4v) is 2.20. The molecule has 1 aromatic carbocycles. The third-order valence-electron chi connectivity index (χ3n) is 3.63. The van der Waals surface area contributed by atoms with Gasteiger partial charge in [-0.1, -0.05) is 12.1 Å². The Kier molecular flexibility index (Phi) is 4.28. The van der Waals surface area contributed by atoms with E-state index in [1.165, 1.54) is 5.56 Å². The standard InChI is InChI=1S/C18H18N2O3/c1-13-6-7-16(9-14(13)2)22-12-18(21)23-11-15-10-20-8-4-3-5-17(20)19-15/h3-10H,11-12H2,1-2H3. The lowest BCUT2D eigenvalue weighted by molar-refractivity contribution is -0.147. The fraction of sp³-hybridized carbons (Fsp3) is 0.222. The second-order valence-electron chi connectivity index (χ2n) is 5.39. The zero-order valence-corrected chi connectivity index (χ0v) is 13.2. The van der Waals surface area contributed by atoms with Gasteiger partial charge in [-0.25, -0.2) is 9.78 Å². The molecule has 5 heteroatoms. The van der Waals surface area contributed by atoms with Crippen LogP contribution in [0.4, 0.5) is 0 Å². The minimum Gasteiger partial charge on any atom is -0.482 e. The number of pyridine rings is 1. The maximum Gasteiger partial charge on any atom is 0.344 e. The SMILES string of the molecule is Cc1ccc(OCC(=O)OCc2cn3ccccc3n2)cc1C. The Morgan fingerprint density at radius 3 is 2.83 bits per heavy atom. The van der Waals surface area contributed by atoms with E-state index in [0.717, 1.165) is 11.2 Å². The van der Waals surface area contributed by atoms with Crippen molar-refractivity contribution in [1.29, 1.82) is 0 Å². The Morgan fingerprint density at radius 1 is 1.17 bits per heavy atom. The van der Waals surface area contributed by atoms with Crippen molar-refractivity contribution in [1.82, 2.24) is 9.38 Å². The smallest absolute Gasteiger partial charge is 0.344 e. The Balaban J connectivity index is 1.52. The molecule has 2 heterocycles. The van der Waals surface area contributed by atoms with Gasteiger partial charge in [0, 0.05) is 12.4 Å². The van der Waals surface area contributed by atoms with Crippen molar-refractivity contribution in [2.75, 3.05) is 6.61 Å². The van der Waals surface area contributed by atoms with Crippen LogP contribution in [0.2, 0.25) is 0 Å². The zero-order chi connectivity index (χ0) is 16.2. The van der Waals surface area contributed by atoms with Gasteiger partial charge in [-0.3, -0.25) is 0 Å². The maximum atomic E-state index is 11.8. The van der Waals surface area contributed by atoms with Crippen LogP contribution in [-0.2, 0) is 16.1 Å². The van der Waals surface area contributed by atoms with Crippen molar-refractivity contribution >= 4 is 11.6 Å². The van der Waals surface area contributed by atoms with E-state index in [-0.39, 0.29) is 13.2 Å². The van der Waals surface area contributed by atoms with Crippen molar-refractivity contribution in [3.05, 3.63) is 65.6 Å². The van der Waals surface area contributed by atoms with Gasteiger partial charge in [-0.2, -0.15) is 0 Å². The summed E-state index contributed by atoms with van der Waals surface area (Å²) >= 11 is 0. The first-order valence-electron chi connectivity index (χ1n) is 7.40. The molecule has 3 rings (SSSR count). The lowest BCUT2D eigenvalue weighted by Crippen LogP contribution is -2.14. The highest BCUT2D eigenvalue weighted by atomic mass is 16.6. The second-order valence-corrected chi connectivity index (χ2v) is 5.39. The third kappa shape index (κ3) is 3.69. The van der Waals surface area contributed by atoms with Crippen molar-refractivity contribution in [3.63, 3.8) is 0 Å². The summed E-state index contributed by atoms with van der Waals surface area (Å²) in [6.45, 7) is 4.05. The first-order valence-corrected chi connectivity index (χ1v) is 7.40. The monoisotopic (exact) mass is 310 g/mol. The van der Waals surface area contributed by atoms with Crippen molar-refractivity contribution in [2.45, 2.75) is 20.5 Å². The summed E-state index contributed by atoms with van der Waals surface area (Å²) in [4.78, 5) is 16.1. The molecule has 0 fully saturated rings. The zero-order valence-electron chi connectivity index (χ0n) is 13.2. The quantitative estimate of drug-likeness (QED) is 0.680. The van der Waals surface area contributed by atoms with Crippen molar-refractivity contribution < 1.29 is 14.3 Å². The van der Waals surface area contributed by atoms with Crippen molar-refractivity contribution in [2.24, 2.45) is 0 Å². The van der Waals surface area contributed by atoms with Crippen LogP contribution in [0.25, 0.3) is 5.65 Å². The Bertz CT molecular complexity index is 806. The fourth-order valence-electron chi connectivity index (χ4n) is 2.20. The predicted molar refractivity (Wildman–Crippen MR) is 86.4 cm³/mol. The summed E-state index contributed by atoms with van der Waals surface area (Å²) in [5, 5.41) is 0. The normalized spacial score (nSPS) is 10.7. The summed E-state index contributed by atoms with van der Waals surface area (Å²) in [5.41, 5.74) is 3.84. The molecule has 0 aliphatic carbocycles. The molecule has 2 aromatic heterocycles. The molecule has 0 aliphatic rings. The summed E-state index contributed by atoms with van der Waals surface area (Å²) < 4.78 is 12.5.